The minimum atomic E-state index is -0.324. The Morgan fingerprint density at radius 3 is 2.68 bits per heavy atom. The summed E-state index contributed by atoms with van der Waals surface area (Å²) in [4.78, 5) is 0. The van der Waals surface area contributed by atoms with Gasteiger partial charge in [-0.3, -0.25) is 0 Å². The van der Waals surface area contributed by atoms with Crippen LogP contribution in [-0.2, 0) is 12.8 Å². The number of halogens is 2. The first-order valence-electron chi connectivity index (χ1n) is 6.38. The van der Waals surface area contributed by atoms with Gasteiger partial charge in [0.15, 0.2) is 0 Å². The van der Waals surface area contributed by atoms with Gasteiger partial charge in [-0.2, -0.15) is 0 Å². The molecule has 0 saturated heterocycles. The molecular weight excluding hydrogens is 261 g/mol. The topological polar surface area (TPSA) is 26.0 Å². The van der Waals surface area contributed by atoms with Gasteiger partial charge in [0.1, 0.15) is 5.82 Å². The molecule has 19 heavy (non-hydrogen) atoms. The summed E-state index contributed by atoms with van der Waals surface area (Å²) in [5.41, 5.74) is 9.42. The standard InChI is InChI=1S/C16H17ClFN/c1-2-11-4-3-5-13(8-11)16(19)9-12-6-7-14(18)10-15(12)17/h3-8,10,16H,2,9,19H2,1H3. The van der Waals surface area contributed by atoms with Gasteiger partial charge in [0, 0.05) is 11.1 Å². The minimum absolute atomic E-state index is 0.130. The average molecular weight is 278 g/mol. The molecule has 0 radical (unpaired) electrons. The first kappa shape index (κ1) is 14.0. The van der Waals surface area contributed by atoms with Gasteiger partial charge >= 0.3 is 0 Å². The van der Waals surface area contributed by atoms with Gasteiger partial charge in [-0.25, -0.2) is 4.39 Å². The highest BCUT2D eigenvalue weighted by Crippen LogP contribution is 2.23. The highest BCUT2D eigenvalue weighted by atomic mass is 35.5. The van der Waals surface area contributed by atoms with Crippen molar-refractivity contribution in [2.75, 3.05) is 0 Å². The number of nitrogens with two attached hydrogens (primary N) is 1. The number of hydrogen-bond donors (Lipinski definition) is 1. The van der Waals surface area contributed by atoms with E-state index < -0.39 is 0 Å². The van der Waals surface area contributed by atoms with Crippen molar-refractivity contribution in [3.8, 4) is 0 Å². The van der Waals surface area contributed by atoms with Crippen LogP contribution in [0.25, 0.3) is 0 Å². The van der Waals surface area contributed by atoms with Gasteiger partial charge in [-0.05, 0) is 41.7 Å². The van der Waals surface area contributed by atoms with E-state index in [1.54, 1.807) is 6.07 Å². The summed E-state index contributed by atoms with van der Waals surface area (Å²) in [5, 5.41) is 0.432. The summed E-state index contributed by atoms with van der Waals surface area (Å²) >= 11 is 6.02. The van der Waals surface area contributed by atoms with Gasteiger partial charge in [0.05, 0.1) is 0 Å². The predicted molar refractivity (Wildman–Crippen MR) is 77.9 cm³/mol. The third kappa shape index (κ3) is 3.55. The molecule has 3 heteroatoms. The van der Waals surface area contributed by atoms with Crippen LogP contribution in [0.1, 0.15) is 29.7 Å². The Bertz CT molecular complexity index is 568. The molecule has 2 rings (SSSR count). The van der Waals surface area contributed by atoms with E-state index in [0.29, 0.717) is 11.4 Å². The quantitative estimate of drug-likeness (QED) is 0.887. The van der Waals surface area contributed by atoms with E-state index >= 15 is 0 Å². The van der Waals surface area contributed by atoms with Crippen LogP contribution in [0.3, 0.4) is 0 Å². The van der Waals surface area contributed by atoms with Crippen molar-refractivity contribution in [2.24, 2.45) is 5.73 Å². The largest absolute Gasteiger partial charge is 0.324 e. The van der Waals surface area contributed by atoms with Crippen LogP contribution in [0.2, 0.25) is 5.02 Å². The van der Waals surface area contributed by atoms with Crippen LogP contribution in [0.4, 0.5) is 4.39 Å². The number of aryl methyl sites for hydroxylation is 1. The molecule has 1 unspecified atom stereocenters. The third-order valence-electron chi connectivity index (χ3n) is 3.24. The molecule has 0 aromatic heterocycles. The second-order valence-electron chi connectivity index (χ2n) is 4.64. The fourth-order valence-electron chi connectivity index (χ4n) is 2.09. The maximum absolute atomic E-state index is 13.0. The first-order valence-corrected chi connectivity index (χ1v) is 6.76. The van der Waals surface area contributed by atoms with Gasteiger partial charge in [-0.15, -0.1) is 0 Å². The number of rotatable bonds is 4. The summed E-state index contributed by atoms with van der Waals surface area (Å²) < 4.78 is 13.0. The average Bonchev–Trinajstić information content (AvgIpc) is 2.42. The van der Waals surface area contributed by atoms with Crippen molar-refractivity contribution >= 4 is 11.6 Å². The maximum Gasteiger partial charge on any atom is 0.124 e. The van der Waals surface area contributed by atoms with E-state index in [0.717, 1.165) is 17.5 Å². The molecule has 2 aromatic carbocycles. The lowest BCUT2D eigenvalue weighted by atomic mass is 9.97. The zero-order valence-electron chi connectivity index (χ0n) is 10.9. The molecule has 1 atom stereocenters. The molecule has 0 aliphatic heterocycles. The molecule has 0 bridgehead atoms. The summed E-state index contributed by atoms with van der Waals surface area (Å²) in [6.07, 6.45) is 1.59. The molecule has 0 aliphatic carbocycles. The number of hydrogen-bond acceptors (Lipinski definition) is 1. The van der Waals surface area contributed by atoms with Crippen LogP contribution in [0.5, 0.6) is 0 Å². The van der Waals surface area contributed by atoms with Crippen LogP contribution in [0, 0.1) is 5.82 Å². The Morgan fingerprint density at radius 1 is 1.21 bits per heavy atom. The SMILES string of the molecule is CCc1cccc(C(N)Cc2ccc(F)cc2Cl)c1. The molecule has 2 aromatic rings. The van der Waals surface area contributed by atoms with Crippen molar-refractivity contribution in [3.63, 3.8) is 0 Å². The molecule has 0 amide bonds. The van der Waals surface area contributed by atoms with E-state index in [2.05, 4.69) is 19.1 Å². The van der Waals surface area contributed by atoms with E-state index in [4.69, 9.17) is 17.3 Å². The normalized spacial score (nSPS) is 12.4. The lowest BCUT2D eigenvalue weighted by Crippen LogP contribution is -2.13. The molecule has 2 N–H and O–H groups in total. The van der Waals surface area contributed by atoms with Crippen LogP contribution in [0.15, 0.2) is 42.5 Å². The molecule has 0 spiro atoms. The summed E-state index contributed by atoms with van der Waals surface area (Å²) in [7, 11) is 0. The zero-order valence-corrected chi connectivity index (χ0v) is 11.6. The molecule has 0 saturated carbocycles. The Hall–Kier alpha value is -1.38. The summed E-state index contributed by atoms with van der Waals surface area (Å²) in [6, 6.07) is 12.5. The second kappa shape index (κ2) is 6.18. The van der Waals surface area contributed by atoms with Gasteiger partial charge in [0.2, 0.25) is 0 Å². The fraction of sp³-hybridized carbons (Fsp3) is 0.250. The first-order chi connectivity index (χ1) is 9.10. The fourth-order valence-corrected chi connectivity index (χ4v) is 2.33. The van der Waals surface area contributed by atoms with Crippen molar-refractivity contribution in [1.82, 2.24) is 0 Å². The van der Waals surface area contributed by atoms with Crippen LogP contribution in [-0.4, -0.2) is 0 Å². The summed E-state index contributed by atoms with van der Waals surface area (Å²) in [6.45, 7) is 2.11. The van der Waals surface area contributed by atoms with Crippen molar-refractivity contribution in [1.29, 1.82) is 0 Å². The van der Waals surface area contributed by atoms with Crippen LogP contribution < -0.4 is 5.73 Å². The summed E-state index contributed by atoms with van der Waals surface area (Å²) in [5.74, 6) is -0.324. The second-order valence-corrected chi connectivity index (χ2v) is 5.05. The predicted octanol–water partition coefficient (Wildman–Crippen LogP) is 4.28. The lowest BCUT2D eigenvalue weighted by molar-refractivity contribution is 0.625. The van der Waals surface area contributed by atoms with E-state index in [1.165, 1.54) is 17.7 Å². The van der Waals surface area contributed by atoms with E-state index in [-0.39, 0.29) is 11.9 Å². The van der Waals surface area contributed by atoms with Crippen molar-refractivity contribution in [2.45, 2.75) is 25.8 Å². The molecule has 0 heterocycles. The molecule has 0 aliphatic rings. The van der Waals surface area contributed by atoms with E-state index in [1.807, 2.05) is 12.1 Å². The van der Waals surface area contributed by atoms with Crippen LogP contribution >= 0.6 is 11.6 Å². The molecular formula is C16H17ClFN. The van der Waals surface area contributed by atoms with Gasteiger partial charge < -0.3 is 5.73 Å². The highest BCUT2D eigenvalue weighted by Gasteiger charge is 2.10. The zero-order chi connectivity index (χ0) is 13.8. The Balaban J connectivity index is 2.17. The van der Waals surface area contributed by atoms with Crippen molar-refractivity contribution < 1.29 is 4.39 Å². The molecule has 1 nitrogen and oxygen atoms in total. The van der Waals surface area contributed by atoms with Gasteiger partial charge in [0.25, 0.3) is 0 Å². The lowest BCUT2D eigenvalue weighted by Gasteiger charge is -2.14. The van der Waals surface area contributed by atoms with Gasteiger partial charge in [-0.1, -0.05) is 48.9 Å². The maximum atomic E-state index is 13.0. The van der Waals surface area contributed by atoms with Crippen molar-refractivity contribution in [3.05, 3.63) is 70.0 Å². The smallest absolute Gasteiger partial charge is 0.124 e. The van der Waals surface area contributed by atoms with E-state index in [9.17, 15) is 4.39 Å². The number of benzene rings is 2. The molecule has 0 fully saturated rings. The highest BCUT2D eigenvalue weighted by molar-refractivity contribution is 6.31. The Kier molecular flexibility index (Phi) is 4.56. The molecule has 100 valence electrons. The minimum Gasteiger partial charge on any atom is -0.324 e. The Labute approximate surface area is 118 Å². The monoisotopic (exact) mass is 277 g/mol. The third-order valence-corrected chi connectivity index (χ3v) is 3.59. The Morgan fingerprint density at radius 2 is 2.00 bits per heavy atom.